The Labute approximate surface area is 103 Å². The minimum Gasteiger partial charge on any atom is -0.319 e. The molecule has 90 valence electrons. The molecule has 0 spiro atoms. The van der Waals surface area contributed by atoms with Gasteiger partial charge in [0.05, 0.1) is 0 Å². The minimum absolute atomic E-state index is 0.914. The van der Waals surface area contributed by atoms with Crippen LogP contribution < -0.4 is 5.32 Å². The zero-order chi connectivity index (χ0) is 12.3. The van der Waals surface area contributed by atoms with Gasteiger partial charge < -0.3 is 9.88 Å². The number of hydrogen-bond donors (Lipinski definition) is 1. The van der Waals surface area contributed by atoms with Crippen LogP contribution in [0, 0.1) is 13.8 Å². The highest BCUT2D eigenvalue weighted by Gasteiger charge is 2.06. The molecule has 1 N–H and O–H groups in total. The highest BCUT2D eigenvalue weighted by Crippen LogP contribution is 2.19. The summed E-state index contributed by atoms with van der Waals surface area (Å²) in [5.74, 6) is 0. The Kier molecular flexibility index (Phi) is 3.64. The molecule has 1 aromatic heterocycles. The minimum atomic E-state index is 0.914. The quantitative estimate of drug-likeness (QED) is 0.850. The van der Waals surface area contributed by atoms with E-state index < -0.39 is 0 Å². The molecular formula is C15H20N2. The maximum Gasteiger partial charge on any atom is 0.0484 e. The highest BCUT2D eigenvalue weighted by molar-refractivity contribution is 5.46. The monoisotopic (exact) mass is 228 g/mol. The summed E-state index contributed by atoms with van der Waals surface area (Å²) >= 11 is 0. The van der Waals surface area contributed by atoms with Crippen LogP contribution in [-0.2, 0) is 6.54 Å². The van der Waals surface area contributed by atoms with E-state index in [9.17, 15) is 0 Å². The van der Waals surface area contributed by atoms with Crippen molar-refractivity contribution in [2.45, 2.75) is 27.3 Å². The lowest BCUT2D eigenvalue weighted by Gasteiger charge is -2.13. The normalized spacial score (nSPS) is 10.8. The van der Waals surface area contributed by atoms with Gasteiger partial charge in [-0.1, -0.05) is 19.1 Å². The van der Waals surface area contributed by atoms with E-state index in [4.69, 9.17) is 0 Å². The number of rotatable bonds is 4. The van der Waals surface area contributed by atoms with Crippen LogP contribution in [0.1, 0.15) is 23.7 Å². The molecular weight excluding hydrogens is 208 g/mol. The zero-order valence-electron chi connectivity index (χ0n) is 10.8. The first kappa shape index (κ1) is 11.9. The van der Waals surface area contributed by atoms with Gasteiger partial charge in [0.15, 0.2) is 0 Å². The standard InChI is InChI=1S/C15H20N2/c1-4-16-11-14-8-6-10-17(14)15-9-5-7-12(2)13(15)3/h5-10,16H,4,11H2,1-3H3. The Hall–Kier alpha value is -1.54. The molecule has 2 aromatic rings. The summed E-state index contributed by atoms with van der Waals surface area (Å²) in [6.07, 6.45) is 2.13. The van der Waals surface area contributed by atoms with Crippen LogP contribution in [0.2, 0.25) is 0 Å². The summed E-state index contributed by atoms with van der Waals surface area (Å²) in [4.78, 5) is 0. The van der Waals surface area contributed by atoms with Gasteiger partial charge >= 0.3 is 0 Å². The van der Waals surface area contributed by atoms with Crippen molar-refractivity contribution in [3.05, 3.63) is 53.3 Å². The van der Waals surface area contributed by atoms with Crippen molar-refractivity contribution in [1.82, 2.24) is 9.88 Å². The van der Waals surface area contributed by atoms with E-state index in [1.165, 1.54) is 22.5 Å². The lowest BCUT2D eigenvalue weighted by Crippen LogP contribution is -2.15. The smallest absolute Gasteiger partial charge is 0.0484 e. The van der Waals surface area contributed by atoms with Crippen molar-refractivity contribution in [2.24, 2.45) is 0 Å². The van der Waals surface area contributed by atoms with E-state index in [2.05, 4.69) is 67.2 Å². The van der Waals surface area contributed by atoms with E-state index in [1.807, 2.05) is 0 Å². The summed E-state index contributed by atoms with van der Waals surface area (Å²) in [6, 6.07) is 10.7. The van der Waals surface area contributed by atoms with Crippen LogP contribution in [0.3, 0.4) is 0 Å². The van der Waals surface area contributed by atoms with Crippen molar-refractivity contribution < 1.29 is 0 Å². The summed E-state index contributed by atoms with van der Waals surface area (Å²) in [5.41, 5.74) is 5.27. The first-order valence-corrected chi connectivity index (χ1v) is 6.17. The number of hydrogen-bond acceptors (Lipinski definition) is 1. The Morgan fingerprint density at radius 1 is 1.12 bits per heavy atom. The molecule has 2 rings (SSSR count). The molecule has 0 amide bonds. The number of nitrogens with one attached hydrogen (secondary N) is 1. The van der Waals surface area contributed by atoms with Gasteiger partial charge in [0.2, 0.25) is 0 Å². The molecule has 1 aromatic carbocycles. The summed E-state index contributed by atoms with van der Waals surface area (Å²) in [5, 5.41) is 3.37. The van der Waals surface area contributed by atoms with Gasteiger partial charge in [0, 0.05) is 24.1 Å². The average molecular weight is 228 g/mol. The van der Waals surface area contributed by atoms with Gasteiger partial charge in [-0.2, -0.15) is 0 Å². The van der Waals surface area contributed by atoms with E-state index in [-0.39, 0.29) is 0 Å². The topological polar surface area (TPSA) is 17.0 Å². The second kappa shape index (κ2) is 5.19. The van der Waals surface area contributed by atoms with Crippen LogP contribution in [0.4, 0.5) is 0 Å². The molecule has 0 aliphatic heterocycles. The Bertz CT molecular complexity index is 497. The maximum absolute atomic E-state index is 3.37. The van der Waals surface area contributed by atoms with Gasteiger partial charge in [-0.3, -0.25) is 0 Å². The molecule has 0 fully saturated rings. The summed E-state index contributed by atoms with van der Waals surface area (Å²) < 4.78 is 2.27. The van der Waals surface area contributed by atoms with Crippen molar-refractivity contribution in [3.63, 3.8) is 0 Å². The highest BCUT2D eigenvalue weighted by atomic mass is 15.0. The molecule has 0 aliphatic carbocycles. The molecule has 2 heteroatoms. The number of aryl methyl sites for hydroxylation is 1. The first-order chi connectivity index (χ1) is 8.24. The molecule has 0 unspecified atom stereocenters. The zero-order valence-corrected chi connectivity index (χ0v) is 10.8. The van der Waals surface area contributed by atoms with Gasteiger partial charge in [0.25, 0.3) is 0 Å². The molecule has 0 atom stereocenters. The molecule has 0 saturated heterocycles. The van der Waals surface area contributed by atoms with Gasteiger partial charge in [0.1, 0.15) is 0 Å². The van der Waals surface area contributed by atoms with E-state index >= 15 is 0 Å². The third kappa shape index (κ3) is 2.42. The fourth-order valence-electron chi connectivity index (χ4n) is 2.04. The van der Waals surface area contributed by atoms with Gasteiger partial charge in [-0.25, -0.2) is 0 Å². The van der Waals surface area contributed by atoms with Crippen LogP contribution in [0.15, 0.2) is 36.5 Å². The van der Waals surface area contributed by atoms with Crippen LogP contribution in [-0.4, -0.2) is 11.1 Å². The second-order valence-corrected chi connectivity index (χ2v) is 4.37. The van der Waals surface area contributed by atoms with Crippen molar-refractivity contribution >= 4 is 0 Å². The number of benzene rings is 1. The lowest BCUT2D eigenvalue weighted by molar-refractivity contribution is 0.697. The van der Waals surface area contributed by atoms with Gasteiger partial charge in [-0.05, 0) is 49.7 Å². The number of aromatic nitrogens is 1. The molecule has 2 nitrogen and oxygen atoms in total. The van der Waals surface area contributed by atoms with Crippen LogP contribution >= 0.6 is 0 Å². The first-order valence-electron chi connectivity index (χ1n) is 6.17. The predicted octanol–water partition coefficient (Wildman–Crippen LogP) is 3.20. The molecule has 0 radical (unpaired) electrons. The number of nitrogens with zero attached hydrogens (tertiary/aromatic N) is 1. The fourth-order valence-corrected chi connectivity index (χ4v) is 2.04. The Morgan fingerprint density at radius 2 is 1.94 bits per heavy atom. The van der Waals surface area contributed by atoms with Gasteiger partial charge in [-0.15, -0.1) is 0 Å². The van der Waals surface area contributed by atoms with E-state index in [0.717, 1.165) is 13.1 Å². The Balaban J connectivity index is 2.39. The molecule has 0 aliphatic rings. The van der Waals surface area contributed by atoms with Crippen molar-refractivity contribution in [1.29, 1.82) is 0 Å². The molecule has 0 bridgehead atoms. The molecule has 17 heavy (non-hydrogen) atoms. The average Bonchev–Trinajstić information content (AvgIpc) is 2.78. The van der Waals surface area contributed by atoms with Crippen molar-refractivity contribution in [3.8, 4) is 5.69 Å². The lowest BCUT2D eigenvalue weighted by atomic mass is 10.1. The maximum atomic E-state index is 3.37. The molecule has 0 saturated carbocycles. The largest absolute Gasteiger partial charge is 0.319 e. The van der Waals surface area contributed by atoms with E-state index in [0.29, 0.717) is 0 Å². The third-order valence-electron chi connectivity index (χ3n) is 3.22. The van der Waals surface area contributed by atoms with Crippen molar-refractivity contribution in [2.75, 3.05) is 6.54 Å². The SMILES string of the molecule is CCNCc1cccn1-c1cccc(C)c1C. The predicted molar refractivity (Wildman–Crippen MR) is 72.6 cm³/mol. The Morgan fingerprint density at radius 3 is 2.71 bits per heavy atom. The van der Waals surface area contributed by atoms with Crippen LogP contribution in [0.5, 0.6) is 0 Å². The second-order valence-electron chi connectivity index (χ2n) is 4.37. The van der Waals surface area contributed by atoms with Crippen LogP contribution in [0.25, 0.3) is 5.69 Å². The third-order valence-corrected chi connectivity index (χ3v) is 3.22. The summed E-state index contributed by atoms with van der Waals surface area (Å²) in [6.45, 7) is 8.38. The fraction of sp³-hybridized carbons (Fsp3) is 0.333. The molecule has 1 heterocycles. The van der Waals surface area contributed by atoms with E-state index in [1.54, 1.807) is 0 Å². The summed E-state index contributed by atoms with van der Waals surface area (Å²) in [7, 11) is 0.